The van der Waals surface area contributed by atoms with Gasteiger partial charge in [-0.15, -0.1) is 6.58 Å². The van der Waals surface area contributed by atoms with Crippen LogP contribution in [0.15, 0.2) is 43.0 Å². The molecule has 0 heterocycles. The van der Waals surface area contributed by atoms with Gasteiger partial charge in [-0.2, -0.15) is 0 Å². The Morgan fingerprint density at radius 2 is 1.90 bits per heavy atom. The first-order chi connectivity index (χ1) is 4.84. The highest BCUT2D eigenvalue weighted by molar-refractivity contribution is 6.13. The van der Waals surface area contributed by atoms with Crippen LogP contribution in [0.1, 0.15) is 11.1 Å². The molecule has 0 spiro atoms. The second kappa shape index (κ2) is 3.37. The molecular weight excluding hydrogens is 136 g/mol. The third kappa shape index (κ3) is 1.58. The van der Waals surface area contributed by atoms with Crippen LogP contribution in [0.5, 0.6) is 0 Å². The summed E-state index contributed by atoms with van der Waals surface area (Å²) in [4.78, 5) is 0. The molecule has 1 heteroatoms. The van der Waals surface area contributed by atoms with Gasteiger partial charge in [-0.25, -0.2) is 0 Å². The van der Waals surface area contributed by atoms with Crippen LogP contribution in [0.2, 0.25) is 0 Å². The Morgan fingerprint density at radius 3 is 2.40 bits per heavy atom. The molecule has 1 unspecified atom stereocenters. The van der Waals surface area contributed by atoms with E-state index in [0.717, 1.165) is 10.2 Å². The van der Waals surface area contributed by atoms with E-state index in [1.165, 1.54) is 5.56 Å². The molecule has 10 heavy (non-hydrogen) atoms. The van der Waals surface area contributed by atoms with Gasteiger partial charge in [0.1, 0.15) is 0 Å². The predicted octanol–water partition coefficient (Wildman–Crippen LogP) is 1.28. The van der Waals surface area contributed by atoms with Crippen molar-refractivity contribution >= 4 is 10.2 Å². The average molecular weight is 148 g/mol. The second-order valence-corrected chi connectivity index (χ2v) is 3.68. The van der Waals surface area contributed by atoms with Crippen molar-refractivity contribution in [1.82, 2.24) is 0 Å². The zero-order valence-electron chi connectivity index (χ0n) is 6.25. The molecule has 52 valence electrons. The summed E-state index contributed by atoms with van der Waals surface area (Å²) in [6.45, 7) is 3.77. The van der Waals surface area contributed by atoms with Gasteiger partial charge in [0.2, 0.25) is 0 Å². The van der Waals surface area contributed by atoms with Crippen molar-refractivity contribution < 1.29 is 0 Å². The van der Waals surface area contributed by atoms with E-state index in [9.17, 15) is 0 Å². The maximum atomic E-state index is 3.77. The molecule has 0 radical (unpaired) electrons. The summed E-state index contributed by atoms with van der Waals surface area (Å²) in [5.74, 6) is 0. The fourth-order valence-electron chi connectivity index (χ4n) is 0.893. The highest BCUT2D eigenvalue weighted by Gasteiger charge is 1.96. The van der Waals surface area contributed by atoms with Crippen LogP contribution < -0.4 is 0 Å². The van der Waals surface area contributed by atoms with Crippen molar-refractivity contribution in [3.05, 3.63) is 48.6 Å². The summed E-state index contributed by atoms with van der Waals surface area (Å²) >= 11 is 0. The number of benzene rings is 1. The molecule has 0 amide bonds. The van der Waals surface area contributed by atoms with E-state index >= 15 is 0 Å². The molecule has 1 rings (SSSR count). The molecular formula is C9H12Si. The van der Waals surface area contributed by atoms with E-state index in [2.05, 4.69) is 30.8 Å². The minimum absolute atomic E-state index is 0.612. The molecule has 0 fully saturated rings. The van der Waals surface area contributed by atoms with Gasteiger partial charge in [-0.1, -0.05) is 36.4 Å². The Bertz CT molecular complexity index is 203. The molecule has 0 bridgehead atoms. The van der Waals surface area contributed by atoms with Crippen molar-refractivity contribution in [3.8, 4) is 0 Å². The first-order valence-electron chi connectivity index (χ1n) is 3.52. The van der Waals surface area contributed by atoms with Gasteiger partial charge in [0.25, 0.3) is 0 Å². The molecule has 1 aromatic rings. The maximum Gasteiger partial charge on any atom is 0.0170 e. The molecule has 0 aromatic heterocycles. The Labute approximate surface area is 65.0 Å². The number of allylic oxidation sites excluding steroid dienone is 1. The van der Waals surface area contributed by atoms with Gasteiger partial charge in [0.05, 0.1) is 0 Å². The summed E-state index contributed by atoms with van der Waals surface area (Å²) in [5, 5.41) is 0. The third-order valence-electron chi connectivity index (χ3n) is 1.68. The van der Waals surface area contributed by atoms with Gasteiger partial charge in [-0.3, -0.25) is 0 Å². The van der Waals surface area contributed by atoms with Crippen LogP contribution in [0.3, 0.4) is 0 Å². The molecule has 0 saturated heterocycles. The molecule has 0 N–H and O–H groups in total. The first kappa shape index (κ1) is 7.29. The van der Waals surface area contributed by atoms with Crippen molar-refractivity contribution in [1.29, 1.82) is 0 Å². The zero-order valence-corrected chi connectivity index (χ0v) is 8.25. The molecule has 0 nitrogen and oxygen atoms in total. The van der Waals surface area contributed by atoms with Gasteiger partial charge in [0.15, 0.2) is 0 Å². The van der Waals surface area contributed by atoms with Crippen LogP contribution in [0, 0.1) is 0 Å². The highest BCUT2D eigenvalue weighted by Crippen LogP contribution is 2.10. The van der Waals surface area contributed by atoms with Crippen LogP contribution >= 0.6 is 0 Å². The normalized spacial score (nSPS) is 12.8. The highest BCUT2D eigenvalue weighted by atomic mass is 28.1. The monoisotopic (exact) mass is 148 g/mol. The SMILES string of the molecule is C=CC([SiH3])c1ccccc1. The lowest BCUT2D eigenvalue weighted by atomic mass is 10.1. The van der Waals surface area contributed by atoms with E-state index in [4.69, 9.17) is 0 Å². The third-order valence-corrected chi connectivity index (χ3v) is 2.82. The fourth-order valence-corrected chi connectivity index (χ4v) is 1.28. The lowest BCUT2D eigenvalue weighted by molar-refractivity contribution is 1.22. The number of hydrogen-bond donors (Lipinski definition) is 0. The Balaban J connectivity index is 2.84. The maximum absolute atomic E-state index is 3.77. The molecule has 0 aliphatic heterocycles. The first-order valence-corrected chi connectivity index (χ1v) is 4.67. The van der Waals surface area contributed by atoms with Crippen molar-refractivity contribution in [2.75, 3.05) is 0 Å². The van der Waals surface area contributed by atoms with Crippen LogP contribution in [-0.2, 0) is 0 Å². The van der Waals surface area contributed by atoms with Crippen LogP contribution in [0.4, 0.5) is 0 Å². The van der Waals surface area contributed by atoms with Crippen molar-refractivity contribution in [2.45, 2.75) is 5.54 Å². The molecule has 0 aliphatic carbocycles. The Morgan fingerprint density at radius 1 is 1.30 bits per heavy atom. The molecule has 0 saturated carbocycles. The van der Waals surface area contributed by atoms with E-state index in [0.29, 0.717) is 5.54 Å². The van der Waals surface area contributed by atoms with Gasteiger partial charge >= 0.3 is 0 Å². The van der Waals surface area contributed by atoms with Gasteiger partial charge in [-0.05, 0) is 11.1 Å². The van der Waals surface area contributed by atoms with Gasteiger partial charge < -0.3 is 0 Å². The summed E-state index contributed by atoms with van der Waals surface area (Å²) in [6.07, 6.45) is 2.02. The standard InChI is InChI=1S/C9H12Si/c1-2-9(10)8-6-4-3-5-7-8/h2-7,9H,1H2,10H3. The summed E-state index contributed by atoms with van der Waals surface area (Å²) in [6, 6.07) is 10.5. The van der Waals surface area contributed by atoms with Crippen LogP contribution in [-0.4, -0.2) is 10.2 Å². The molecule has 1 atom stereocenters. The van der Waals surface area contributed by atoms with Crippen LogP contribution in [0.25, 0.3) is 0 Å². The average Bonchev–Trinajstić information content (AvgIpc) is 2.05. The second-order valence-electron chi connectivity index (χ2n) is 2.44. The minimum atomic E-state index is 0.612. The number of rotatable bonds is 2. The van der Waals surface area contributed by atoms with E-state index in [-0.39, 0.29) is 0 Å². The summed E-state index contributed by atoms with van der Waals surface area (Å²) < 4.78 is 0. The molecule has 0 aliphatic rings. The van der Waals surface area contributed by atoms with E-state index in [1.54, 1.807) is 0 Å². The topological polar surface area (TPSA) is 0 Å². The largest absolute Gasteiger partial charge is 0.103 e. The van der Waals surface area contributed by atoms with E-state index < -0.39 is 0 Å². The van der Waals surface area contributed by atoms with Crippen molar-refractivity contribution in [3.63, 3.8) is 0 Å². The molecule has 1 aromatic carbocycles. The smallest absolute Gasteiger partial charge is 0.0170 e. The van der Waals surface area contributed by atoms with Gasteiger partial charge in [0, 0.05) is 10.2 Å². The van der Waals surface area contributed by atoms with E-state index in [1.807, 2.05) is 12.1 Å². The predicted molar refractivity (Wildman–Crippen MR) is 49.3 cm³/mol. The lowest BCUT2D eigenvalue weighted by Gasteiger charge is -2.03. The fraction of sp³-hybridized carbons (Fsp3) is 0.111. The lowest BCUT2D eigenvalue weighted by Crippen LogP contribution is -1.91. The summed E-state index contributed by atoms with van der Waals surface area (Å²) in [5.41, 5.74) is 2.00. The Kier molecular flexibility index (Phi) is 2.46. The summed E-state index contributed by atoms with van der Waals surface area (Å²) in [7, 11) is 1.16. The van der Waals surface area contributed by atoms with Crippen molar-refractivity contribution in [2.24, 2.45) is 0 Å². The number of hydrogen-bond acceptors (Lipinski definition) is 0. The Hall–Kier alpha value is -0.823. The quantitative estimate of drug-likeness (QED) is 0.438. The minimum Gasteiger partial charge on any atom is -0.103 e. The zero-order chi connectivity index (χ0) is 7.40.